The molecular weight excluding hydrogens is 405 g/mol. The van der Waals surface area contributed by atoms with Crippen LogP contribution in [0.2, 0.25) is 0 Å². The zero-order valence-electron chi connectivity index (χ0n) is 14.8. The molecule has 4 nitrogen and oxygen atoms in total. The quantitative estimate of drug-likeness (QED) is 0.633. The van der Waals surface area contributed by atoms with E-state index in [9.17, 15) is 4.79 Å². The summed E-state index contributed by atoms with van der Waals surface area (Å²) in [5.41, 5.74) is -0.438. The molecule has 1 atom stereocenters. The molecule has 0 bridgehead atoms. The van der Waals surface area contributed by atoms with Gasteiger partial charge in [-0.2, -0.15) is 0 Å². The molecule has 0 spiro atoms. The van der Waals surface area contributed by atoms with Gasteiger partial charge in [0.25, 0.3) is 0 Å². The standard InChI is InChI=1S/C16H22INO3.C2H6/c1-16(2,3)21-15(19)18-9-8-12(10-18)11-20-14-6-4-13(17)5-7-14;1-2/h4-7,12H,8-11H2,1-3H3;1-2H3. The summed E-state index contributed by atoms with van der Waals surface area (Å²) < 4.78 is 12.4. The van der Waals surface area contributed by atoms with Crippen LogP contribution in [0.15, 0.2) is 24.3 Å². The molecule has 130 valence electrons. The van der Waals surface area contributed by atoms with E-state index in [1.165, 1.54) is 3.57 Å². The average Bonchev–Trinajstić information content (AvgIpc) is 2.96. The van der Waals surface area contributed by atoms with E-state index in [4.69, 9.17) is 9.47 Å². The number of hydrogen-bond donors (Lipinski definition) is 0. The molecule has 5 heteroatoms. The lowest BCUT2D eigenvalue weighted by atomic mass is 10.1. The minimum atomic E-state index is -0.438. The van der Waals surface area contributed by atoms with Crippen LogP contribution in [0.25, 0.3) is 0 Å². The maximum atomic E-state index is 12.0. The van der Waals surface area contributed by atoms with Gasteiger partial charge in [-0.05, 0) is 74.0 Å². The monoisotopic (exact) mass is 433 g/mol. The number of carbonyl (C=O) groups excluding carboxylic acids is 1. The summed E-state index contributed by atoms with van der Waals surface area (Å²) in [5, 5.41) is 0. The van der Waals surface area contributed by atoms with Crippen molar-refractivity contribution < 1.29 is 14.3 Å². The van der Waals surface area contributed by atoms with Crippen molar-refractivity contribution in [1.82, 2.24) is 4.90 Å². The Balaban J connectivity index is 0.00000127. The van der Waals surface area contributed by atoms with Crippen LogP contribution in [-0.4, -0.2) is 36.3 Å². The molecule has 0 saturated carbocycles. The van der Waals surface area contributed by atoms with Gasteiger partial charge in [-0.1, -0.05) is 13.8 Å². The maximum Gasteiger partial charge on any atom is 0.410 e. The lowest BCUT2D eigenvalue weighted by Gasteiger charge is -2.24. The second kappa shape index (κ2) is 9.35. The predicted molar refractivity (Wildman–Crippen MR) is 102 cm³/mol. The highest BCUT2D eigenvalue weighted by molar-refractivity contribution is 14.1. The Morgan fingerprint density at radius 3 is 2.43 bits per heavy atom. The summed E-state index contributed by atoms with van der Waals surface area (Å²) >= 11 is 2.27. The van der Waals surface area contributed by atoms with Gasteiger partial charge >= 0.3 is 6.09 Å². The number of hydrogen-bond acceptors (Lipinski definition) is 3. The van der Waals surface area contributed by atoms with Crippen LogP contribution in [0.3, 0.4) is 0 Å². The molecule has 23 heavy (non-hydrogen) atoms. The van der Waals surface area contributed by atoms with Crippen LogP contribution in [0.5, 0.6) is 5.75 Å². The Kier molecular flexibility index (Phi) is 8.16. The Hall–Kier alpha value is -0.980. The van der Waals surface area contributed by atoms with Gasteiger partial charge < -0.3 is 14.4 Å². The minimum Gasteiger partial charge on any atom is -0.493 e. The SMILES string of the molecule is CC.CC(C)(C)OC(=O)N1CCC(COc2ccc(I)cc2)C1. The molecule has 1 aromatic rings. The van der Waals surface area contributed by atoms with E-state index in [0.29, 0.717) is 19.1 Å². The van der Waals surface area contributed by atoms with E-state index in [1.54, 1.807) is 4.90 Å². The number of rotatable bonds is 3. The topological polar surface area (TPSA) is 38.8 Å². The molecule has 1 aliphatic rings. The summed E-state index contributed by atoms with van der Waals surface area (Å²) in [5.74, 6) is 1.25. The molecule has 1 amide bonds. The first-order valence-corrected chi connectivity index (χ1v) is 9.28. The van der Waals surface area contributed by atoms with Crippen molar-refractivity contribution in [3.8, 4) is 5.75 Å². The zero-order chi connectivity index (χ0) is 17.5. The second-order valence-corrected chi connectivity index (χ2v) is 7.59. The van der Waals surface area contributed by atoms with Gasteiger partial charge in [-0.15, -0.1) is 0 Å². The molecule has 1 aliphatic heterocycles. The van der Waals surface area contributed by atoms with Crippen molar-refractivity contribution in [3.05, 3.63) is 27.8 Å². The third-order valence-electron chi connectivity index (χ3n) is 3.24. The number of amides is 1. The summed E-state index contributed by atoms with van der Waals surface area (Å²) in [6, 6.07) is 8.00. The third kappa shape index (κ3) is 7.42. The maximum absolute atomic E-state index is 12.0. The van der Waals surface area contributed by atoms with Gasteiger partial charge in [0.05, 0.1) is 6.61 Å². The number of benzene rings is 1. The fraction of sp³-hybridized carbons (Fsp3) is 0.611. The van der Waals surface area contributed by atoms with Crippen LogP contribution < -0.4 is 4.74 Å². The van der Waals surface area contributed by atoms with Crippen LogP contribution in [-0.2, 0) is 4.74 Å². The molecule has 0 N–H and O–H groups in total. The fourth-order valence-electron chi connectivity index (χ4n) is 2.21. The molecule has 1 saturated heterocycles. The highest BCUT2D eigenvalue weighted by atomic mass is 127. The first kappa shape index (κ1) is 20.1. The molecule has 1 fully saturated rings. The van der Waals surface area contributed by atoms with Crippen LogP contribution in [0, 0.1) is 9.49 Å². The zero-order valence-corrected chi connectivity index (χ0v) is 16.9. The largest absolute Gasteiger partial charge is 0.493 e. The molecule has 0 aromatic heterocycles. The second-order valence-electron chi connectivity index (χ2n) is 6.35. The number of halogens is 1. The van der Waals surface area contributed by atoms with Crippen molar-refractivity contribution >= 4 is 28.7 Å². The van der Waals surface area contributed by atoms with Gasteiger partial charge in [0.1, 0.15) is 11.4 Å². The van der Waals surface area contributed by atoms with Crippen molar-refractivity contribution in [1.29, 1.82) is 0 Å². The van der Waals surface area contributed by atoms with Crippen molar-refractivity contribution in [2.75, 3.05) is 19.7 Å². The summed E-state index contributed by atoms with van der Waals surface area (Å²) in [4.78, 5) is 13.8. The normalized spacial score (nSPS) is 17.3. The highest BCUT2D eigenvalue weighted by Gasteiger charge is 2.30. The molecule has 0 aliphatic carbocycles. The van der Waals surface area contributed by atoms with Crippen LogP contribution >= 0.6 is 22.6 Å². The fourth-order valence-corrected chi connectivity index (χ4v) is 2.57. The summed E-state index contributed by atoms with van der Waals surface area (Å²) in [6.45, 7) is 11.8. The van der Waals surface area contributed by atoms with E-state index >= 15 is 0 Å². The van der Waals surface area contributed by atoms with E-state index in [2.05, 4.69) is 22.6 Å². The Labute approximate surface area is 153 Å². The van der Waals surface area contributed by atoms with Gasteiger partial charge in [0.2, 0.25) is 0 Å². The number of nitrogens with zero attached hydrogens (tertiary/aromatic N) is 1. The number of likely N-dealkylation sites (tertiary alicyclic amines) is 1. The smallest absolute Gasteiger partial charge is 0.410 e. The molecule has 0 radical (unpaired) electrons. The van der Waals surface area contributed by atoms with E-state index in [0.717, 1.165) is 18.7 Å². The number of ether oxygens (including phenoxy) is 2. The Morgan fingerprint density at radius 1 is 1.26 bits per heavy atom. The van der Waals surface area contributed by atoms with E-state index in [1.807, 2.05) is 58.9 Å². The van der Waals surface area contributed by atoms with Crippen molar-refractivity contribution in [3.63, 3.8) is 0 Å². The third-order valence-corrected chi connectivity index (χ3v) is 3.96. The lowest BCUT2D eigenvalue weighted by molar-refractivity contribution is 0.0285. The molecular formula is C18H28INO3. The Morgan fingerprint density at radius 2 is 1.87 bits per heavy atom. The van der Waals surface area contributed by atoms with Crippen molar-refractivity contribution in [2.24, 2.45) is 5.92 Å². The molecule has 1 unspecified atom stereocenters. The highest BCUT2D eigenvalue weighted by Crippen LogP contribution is 2.21. The molecule has 2 rings (SSSR count). The van der Waals surface area contributed by atoms with E-state index in [-0.39, 0.29) is 6.09 Å². The lowest BCUT2D eigenvalue weighted by Crippen LogP contribution is -2.35. The Bertz CT molecular complexity index is 482. The predicted octanol–water partition coefficient (Wildman–Crippen LogP) is 4.95. The van der Waals surface area contributed by atoms with Gasteiger partial charge in [0, 0.05) is 22.6 Å². The van der Waals surface area contributed by atoms with Crippen LogP contribution in [0.1, 0.15) is 41.0 Å². The molecule has 1 heterocycles. The number of carbonyl (C=O) groups is 1. The summed E-state index contributed by atoms with van der Waals surface area (Å²) in [7, 11) is 0. The minimum absolute atomic E-state index is 0.223. The molecule has 1 aromatic carbocycles. The van der Waals surface area contributed by atoms with Gasteiger partial charge in [-0.25, -0.2) is 4.79 Å². The van der Waals surface area contributed by atoms with Gasteiger partial charge in [-0.3, -0.25) is 0 Å². The first-order chi connectivity index (χ1) is 10.8. The summed E-state index contributed by atoms with van der Waals surface area (Å²) in [6.07, 6.45) is 0.739. The van der Waals surface area contributed by atoms with Gasteiger partial charge in [0.15, 0.2) is 0 Å². The first-order valence-electron chi connectivity index (χ1n) is 8.20. The van der Waals surface area contributed by atoms with Crippen LogP contribution in [0.4, 0.5) is 4.79 Å². The average molecular weight is 433 g/mol. The van der Waals surface area contributed by atoms with E-state index < -0.39 is 5.60 Å². The van der Waals surface area contributed by atoms with Crippen molar-refractivity contribution in [2.45, 2.75) is 46.6 Å².